The van der Waals surface area contributed by atoms with Crippen molar-refractivity contribution in [2.45, 2.75) is 59.1 Å². The quantitative estimate of drug-likeness (QED) is 0.286. The normalized spacial score (nSPS) is 12.7. The third-order valence-corrected chi connectivity index (χ3v) is 6.23. The van der Waals surface area contributed by atoms with E-state index in [1.54, 1.807) is 12.1 Å². The van der Waals surface area contributed by atoms with Gasteiger partial charge in [-0.3, -0.25) is 0 Å². The van der Waals surface area contributed by atoms with Gasteiger partial charge in [-0.2, -0.15) is 0 Å². The molecule has 0 saturated carbocycles. The van der Waals surface area contributed by atoms with Crippen molar-refractivity contribution in [3.05, 3.63) is 94.5 Å². The van der Waals surface area contributed by atoms with Crippen LogP contribution in [0.1, 0.15) is 59.7 Å². The fraction of sp³-hybridized carbons (Fsp3) is 0.321. The molecule has 0 aliphatic carbocycles. The number of carboxylic acid groups (broad SMARTS) is 1. The first-order valence-corrected chi connectivity index (χ1v) is 13.6. The van der Waals surface area contributed by atoms with Gasteiger partial charge in [0, 0.05) is 5.56 Å². The summed E-state index contributed by atoms with van der Waals surface area (Å²) in [6.45, 7) is 13.1. The highest BCUT2D eigenvalue weighted by Gasteiger charge is 2.21. The number of hydrogen-bond donors (Lipinski definition) is 1. The predicted octanol–water partition coefficient (Wildman–Crippen LogP) is 7.14. The van der Waals surface area contributed by atoms with Crippen LogP contribution in [0.25, 0.3) is 11.1 Å². The third kappa shape index (κ3) is 6.41. The van der Waals surface area contributed by atoms with E-state index >= 15 is 0 Å². The van der Waals surface area contributed by atoms with Gasteiger partial charge >= 0.3 is 5.97 Å². The maximum absolute atomic E-state index is 11.9. The molecule has 0 bridgehead atoms. The van der Waals surface area contributed by atoms with E-state index in [9.17, 15) is 9.90 Å². The molecule has 0 amide bonds. The van der Waals surface area contributed by atoms with Gasteiger partial charge in [-0.1, -0.05) is 75.4 Å². The molecule has 1 N–H and O–H groups in total. The van der Waals surface area contributed by atoms with Gasteiger partial charge in [0.05, 0.1) is 12.2 Å². The topological polar surface area (TPSA) is 55.8 Å². The molecule has 1 unspecified atom stereocenters. The Hall–Kier alpha value is -2.73. The van der Waals surface area contributed by atoms with Gasteiger partial charge in [-0.25, -0.2) is 4.79 Å². The highest BCUT2D eigenvalue weighted by Crippen LogP contribution is 2.32. The molecule has 1 atom stereocenters. The summed E-state index contributed by atoms with van der Waals surface area (Å²) in [5, 5.41) is 9.77. The monoisotopic (exact) mass is 461 g/mol. The summed E-state index contributed by atoms with van der Waals surface area (Å²) in [5.74, 6) is -0.951. The predicted molar refractivity (Wildman–Crippen MR) is 135 cm³/mol. The van der Waals surface area contributed by atoms with Crippen LogP contribution in [-0.4, -0.2) is 20.1 Å². The van der Waals surface area contributed by atoms with Crippen LogP contribution in [0.2, 0.25) is 13.1 Å². The van der Waals surface area contributed by atoms with E-state index in [0.29, 0.717) is 12.2 Å². The molecule has 0 aliphatic rings. The Morgan fingerprint density at radius 2 is 1.64 bits per heavy atom. The number of rotatable bonds is 8. The van der Waals surface area contributed by atoms with E-state index in [4.69, 9.17) is 9.16 Å². The molecular formula is C28H33O4Si. The number of carboxylic acids is 1. The van der Waals surface area contributed by atoms with Crippen LogP contribution in [0, 0.1) is 6.92 Å². The van der Waals surface area contributed by atoms with Crippen molar-refractivity contribution in [1.29, 1.82) is 0 Å². The molecule has 4 nitrogen and oxygen atoms in total. The highest BCUT2D eigenvalue weighted by atomic mass is 28.3. The smallest absolute Gasteiger partial charge is 0.336 e. The van der Waals surface area contributed by atoms with Crippen molar-refractivity contribution < 1.29 is 19.1 Å². The second kappa shape index (κ2) is 10.5. The van der Waals surface area contributed by atoms with Crippen molar-refractivity contribution in [3.8, 4) is 11.1 Å². The summed E-state index contributed by atoms with van der Waals surface area (Å²) >= 11 is 0. The average Bonchev–Trinajstić information content (AvgIpc) is 2.76. The molecule has 0 fully saturated rings. The molecule has 0 aromatic heterocycles. The van der Waals surface area contributed by atoms with Gasteiger partial charge in [-0.15, -0.1) is 0 Å². The van der Waals surface area contributed by atoms with Crippen molar-refractivity contribution in [2.75, 3.05) is 0 Å². The van der Waals surface area contributed by atoms with Gasteiger partial charge < -0.3 is 14.3 Å². The molecule has 3 aromatic carbocycles. The van der Waals surface area contributed by atoms with E-state index in [1.165, 1.54) is 5.56 Å². The summed E-state index contributed by atoms with van der Waals surface area (Å²) in [7, 11) is -1.06. The molecule has 33 heavy (non-hydrogen) atoms. The molecular weight excluding hydrogens is 428 g/mol. The number of ether oxygens (including phenoxy) is 1. The van der Waals surface area contributed by atoms with Crippen LogP contribution in [0.5, 0.6) is 0 Å². The van der Waals surface area contributed by atoms with Crippen LogP contribution in [0.4, 0.5) is 0 Å². The fourth-order valence-electron chi connectivity index (χ4n) is 3.68. The second-order valence-electron chi connectivity index (χ2n) is 9.54. The Bertz CT molecular complexity index is 1100. The van der Waals surface area contributed by atoms with Crippen molar-refractivity contribution in [3.63, 3.8) is 0 Å². The number of hydrogen-bond acceptors (Lipinski definition) is 3. The summed E-state index contributed by atoms with van der Waals surface area (Å²) in [4.78, 5) is 11.9. The first kappa shape index (κ1) is 24.9. The van der Waals surface area contributed by atoms with E-state index < -0.39 is 21.3 Å². The molecule has 3 rings (SSSR count). The Kier molecular flexibility index (Phi) is 7.90. The highest BCUT2D eigenvalue weighted by molar-refractivity contribution is 6.48. The van der Waals surface area contributed by atoms with E-state index in [0.717, 1.165) is 22.3 Å². The largest absolute Gasteiger partial charge is 0.478 e. The fourth-order valence-corrected chi connectivity index (χ4v) is 4.31. The lowest BCUT2D eigenvalue weighted by Gasteiger charge is -2.23. The van der Waals surface area contributed by atoms with Gasteiger partial charge in [0.1, 0.15) is 0 Å². The zero-order chi connectivity index (χ0) is 24.2. The number of carbonyl (C=O) groups is 1. The van der Waals surface area contributed by atoms with Crippen LogP contribution in [0.15, 0.2) is 66.7 Å². The van der Waals surface area contributed by atoms with Crippen LogP contribution in [0.3, 0.4) is 0 Å². The number of benzene rings is 3. The minimum absolute atomic E-state index is 0.102. The zero-order valence-corrected chi connectivity index (χ0v) is 21.3. The van der Waals surface area contributed by atoms with Crippen LogP contribution < -0.4 is 0 Å². The first-order valence-electron chi connectivity index (χ1n) is 11.2. The average molecular weight is 462 g/mol. The van der Waals surface area contributed by atoms with Crippen molar-refractivity contribution in [2.24, 2.45) is 0 Å². The summed E-state index contributed by atoms with van der Waals surface area (Å²) in [6, 6.07) is 21.6. The zero-order valence-electron chi connectivity index (χ0n) is 20.3. The molecule has 0 heterocycles. The van der Waals surface area contributed by atoms with Crippen LogP contribution in [-0.2, 0) is 21.2 Å². The van der Waals surface area contributed by atoms with Gasteiger partial charge in [-0.05, 0) is 65.4 Å². The Morgan fingerprint density at radius 3 is 2.21 bits per heavy atom. The van der Waals surface area contributed by atoms with Crippen molar-refractivity contribution >= 4 is 15.0 Å². The molecule has 0 aliphatic heterocycles. The standard InChI is InChI=1S/C28H33O4Si/c1-19-9-7-8-10-23(19)25-17-21(13-16-24(25)26(29)30)27(32-33(5)6)31-18-20-11-14-22(15-12-20)28(2,3)4/h7-17,27H,18H2,1-6H3,(H,29,30). The Labute approximate surface area is 198 Å². The molecule has 0 saturated heterocycles. The Morgan fingerprint density at radius 1 is 0.970 bits per heavy atom. The molecule has 3 aromatic rings. The van der Waals surface area contributed by atoms with E-state index in [1.807, 2.05) is 37.3 Å². The summed E-state index contributed by atoms with van der Waals surface area (Å²) in [6.07, 6.45) is -0.568. The van der Waals surface area contributed by atoms with Crippen LogP contribution >= 0.6 is 0 Å². The summed E-state index contributed by atoms with van der Waals surface area (Å²) in [5.41, 5.74) is 6.12. The summed E-state index contributed by atoms with van der Waals surface area (Å²) < 4.78 is 12.4. The molecule has 1 radical (unpaired) electrons. The van der Waals surface area contributed by atoms with Gasteiger partial charge in [0.15, 0.2) is 6.29 Å². The first-order chi connectivity index (χ1) is 15.6. The lowest BCUT2D eigenvalue weighted by atomic mass is 9.87. The maximum Gasteiger partial charge on any atom is 0.336 e. The molecule has 173 valence electrons. The van der Waals surface area contributed by atoms with E-state index in [-0.39, 0.29) is 11.0 Å². The number of aromatic carboxylic acids is 1. The van der Waals surface area contributed by atoms with Gasteiger partial charge in [0.2, 0.25) is 9.04 Å². The lowest BCUT2D eigenvalue weighted by Crippen LogP contribution is -2.17. The molecule has 5 heteroatoms. The number of aryl methyl sites for hydroxylation is 1. The second-order valence-corrected chi connectivity index (χ2v) is 11.6. The van der Waals surface area contributed by atoms with Gasteiger partial charge in [0.25, 0.3) is 0 Å². The maximum atomic E-state index is 11.9. The minimum atomic E-state index is -1.06. The van der Waals surface area contributed by atoms with Crippen molar-refractivity contribution in [1.82, 2.24) is 0 Å². The van der Waals surface area contributed by atoms with E-state index in [2.05, 4.69) is 58.1 Å². The molecule has 0 spiro atoms. The minimum Gasteiger partial charge on any atom is -0.478 e. The SMILES string of the molecule is Cc1ccccc1-c1cc(C(OCc2ccc(C(C)(C)C)cc2)O[Si](C)C)ccc1C(=O)O. The lowest BCUT2D eigenvalue weighted by molar-refractivity contribution is -0.0949. The third-order valence-electron chi connectivity index (χ3n) is 5.55. The Balaban J connectivity index is 1.91.